The van der Waals surface area contributed by atoms with E-state index in [1.807, 2.05) is 42.5 Å². The summed E-state index contributed by atoms with van der Waals surface area (Å²) in [6.07, 6.45) is -0.670. The minimum atomic E-state index is -0.670. The van der Waals surface area contributed by atoms with Crippen molar-refractivity contribution in [1.82, 2.24) is 10.2 Å². The Bertz CT molecular complexity index is 919. The largest absolute Gasteiger partial charge is 0.449 e. The summed E-state index contributed by atoms with van der Waals surface area (Å²) in [5.41, 5.74) is 2.68. The maximum absolute atomic E-state index is 12.5. The Kier molecular flexibility index (Phi) is 4.82. The molecule has 1 atom stereocenters. The van der Waals surface area contributed by atoms with E-state index >= 15 is 0 Å². The highest BCUT2D eigenvalue weighted by molar-refractivity contribution is 5.89. The topological polar surface area (TPSA) is 75.9 Å². The number of ether oxygens (including phenoxy) is 1. The third kappa shape index (κ3) is 3.70. The molecule has 122 valence electrons. The standard InChI is InChI=1S/C20H15N3O2/c1-14-18(12-17(13-21)23-22-14)19(15-8-4-2-5-9-15)25-20(24)16-10-6-3-7-11-16/h2-12,19H,1H3. The highest BCUT2D eigenvalue weighted by atomic mass is 16.5. The molecule has 3 rings (SSSR count). The summed E-state index contributed by atoms with van der Waals surface area (Å²) in [4.78, 5) is 12.5. The molecule has 3 aromatic rings. The fourth-order valence-electron chi connectivity index (χ4n) is 2.48. The molecule has 0 saturated carbocycles. The van der Waals surface area contributed by atoms with Gasteiger partial charge in [0.2, 0.25) is 0 Å². The molecule has 0 N–H and O–H groups in total. The summed E-state index contributed by atoms with van der Waals surface area (Å²) in [6, 6.07) is 21.7. The van der Waals surface area contributed by atoms with Gasteiger partial charge in [0.15, 0.2) is 11.8 Å². The first-order valence-corrected chi connectivity index (χ1v) is 7.74. The minimum Gasteiger partial charge on any atom is -0.449 e. The van der Waals surface area contributed by atoms with Gasteiger partial charge in [0, 0.05) is 5.56 Å². The van der Waals surface area contributed by atoms with Crippen molar-refractivity contribution in [2.75, 3.05) is 0 Å². The molecule has 0 aliphatic carbocycles. The second kappa shape index (κ2) is 7.37. The van der Waals surface area contributed by atoms with Crippen LogP contribution in [0.2, 0.25) is 0 Å². The molecular formula is C20H15N3O2. The van der Waals surface area contributed by atoms with Gasteiger partial charge in [-0.25, -0.2) is 4.79 Å². The number of benzene rings is 2. The third-order valence-electron chi connectivity index (χ3n) is 3.75. The van der Waals surface area contributed by atoms with Crippen LogP contribution in [-0.4, -0.2) is 16.2 Å². The summed E-state index contributed by atoms with van der Waals surface area (Å²) in [7, 11) is 0. The van der Waals surface area contributed by atoms with E-state index in [1.165, 1.54) is 0 Å². The summed E-state index contributed by atoms with van der Waals surface area (Å²) in [5.74, 6) is -0.441. The number of esters is 1. The zero-order valence-corrected chi connectivity index (χ0v) is 13.6. The molecular weight excluding hydrogens is 314 g/mol. The van der Waals surface area contributed by atoms with Gasteiger partial charge in [-0.3, -0.25) is 0 Å². The summed E-state index contributed by atoms with van der Waals surface area (Å²) in [6.45, 7) is 1.77. The van der Waals surface area contributed by atoms with Crippen molar-refractivity contribution in [1.29, 1.82) is 5.26 Å². The number of carbonyl (C=O) groups excluding carboxylic acids is 1. The van der Waals surface area contributed by atoms with Crippen molar-refractivity contribution >= 4 is 5.97 Å². The first kappa shape index (κ1) is 16.3. The number of aryl methyl sites for hydroxylation is 1. The molecule has 5 heteroatoms. The summed E-state index contributed by atoms with van der Waals surface area (Å²) < 4.78 is 5.77. The van der Waals surface area contributed by atoms with Gasteiger partial charge >= 0.3 is 5.97 Å². The lowest BCUT2D eigenvalue weighted by molar-refractivity contribution is 0.0376. The monoisotopic (exact) mass is 329 g/mol. The number of hydrogen-bond donors (Lipinski definition) is 0. The lowest BCUT2D eigenvalue weighted by Gasteiger charge is -2.20. The van der Waals surface area contributed by atoms with E-state index in [9.17, 15) is 4.79 Å². The van der Waals surface area contributed by atoms with Gasteiger partial charge < -0.3 is 4.74 Å². The molecule has 1 aromatic heterocycles. The van der Waals surface area contributed by atoms with Crippen molar-refractivity contribution in [3.05, 3.63) is 94.8 Å². The van der Waals surface area contributed by atoms with Crippen molar-refractivity contribution in [2.45, 2.75) is 13.0 Å². The van der Waals surface area contributed by atoms with Gasteiger partial charge in [0.25, 0.3) is 0 Å². The van der Waals surface area contributed by atoms with Gasteiger partial charge in [-0.15, -0.1) is 5.10 Å². The Labute approximate surface area is 145 Å². The Morgan fingerprint density at radius 2 is 1.68 bits per heavy atom. The molecule has 0 amide bonds. The maximum Gasteiger partial charge on any atom is 0.339 e. The number of nitriles is 1. The van der Waals surface area contributed by atoms with Gasteiger partial charge in [-0.2, -0.15) is 10.4 Å². The van der Waals surface area contributed by atoms with E-state index < -0.39 is 12.1 Å². The van der Waals surface area contributed by atoms with Crippen LogP contribution in [0.25, 0.3) is 0 Å². The predicted molar refractivity (Wildman–Crippen MR) is 91.6 cm³/mol. The average molecular weight is 329 g/mol. The van der Waals surface area contributed by atoms with Crippen LogP contribution in [0.5, 0.6) is 0 Å². The molecule has 0 fully saturated rings. The molecule has 2 aromatic carbocycles. The fraction of sp³-hybridized carbons (Fsp3) is 0.100. The van der Waals surface area contributed by atoms with Crippen molar-refractivity contribution in [3.63, 3.8) is 0 Å². The first-order valence-electron chi connectivity index (χ1n) is 7.74. The predicted octanol–water partition coefficient (Wildman–Crippen LogP) is 3.60. The Hall–Kier alpha value is -3.52. The number of aromatic nitrogens is 2. The van der Waals surface area contributed by atoms with E-state index in [0.717, 1.165) is 5.56 Å². The van der Waals surface area contributed by atoms with Crippen LogP contribution >= 0.6 is 0 Å². The Morgan fingerprint density at radius 3 is 2.32 bits per heavy atom. The number of rotatable bonds is 4. The molecule has 0 saturated heterocycles. The molecule has 5 nitrogen and oxygen atoms in total. The third-order valence-corrected chi connectivity index (χ3v) is 3.75. The van der Waals surface area contributed by atoms with Crippen LogP contribution in [0, 0.1) is 18.3 Å². The van der Waals surface area contributed by atoms with E-state index in [1.54, 1.807) is 37.3 Å². The maximum atomic E-state index is 12.5. The van der Waals surface area contributed by atoms with Crippen LogP contribution in [0.1, 0.15) is 39.0 Å². The fourth-order valence-corrected chi connectivity index (χ4v) is 2.48. The number of nitrogens with zero attached hydrogens (tertiary/aromatic N) is 3. The number of carbonyl (C=O) groups is 1. The van der Waals surface area contributed by atoms with Crippen molar-refractivity contribution in [2.24, 2.45) is 0 Å². The second-order valence-corrected chi connectivity index (χ2v) is 5.44. The SMILES string of the molecule is Cc1nnc(C#N)cc1C(OC(=O)c1ccccc1)c1ccccc1. The van der Waals surface area contributed by atoms with Gasteiger partial charge in [0.1, 0.15) is 6.07 Å². The van der Waals surface area contributed by atoms with Gasteiger partial charge in [-0.1, -0.05) is 48.5 Å². The lowest BCUT2D eigenvalue weighted by Crippen LogP contribution is -2.15. The highest BCUT2D eigenvalue weighted by Gasteiger charge is 2.23. The smallest absolute Gasteiger partial charge is 0.339 e. The quantitative estimate of drug-likeness (QED) is 0.684. The number of hydrogen-bond acceptors (Lipinski definition) is 5. The van der Waals surface area contributed by atoms with Crippen molar-refractivity contribution in [3.8, 4) is 6.07 Å². The van der Waals surface area contributed by atoms with Crippen LogP contribution in [0.3, 0.4) is 0 Å². The van der Waals surface area contributed by atoms with Gasteiger partial charge in [-0.05, 0) is 30.7 Å². The zero-order chi connectivity index (χ0) is 17.6. The average Bonchev–Trinajstić information content (AvgIpc) is 2.68. The minimum absolute atomic E-state index is 0.178. The van der Waals surface area contributed by atoms with Crippen LogP contribution in [-0.2, 0) is 4.74 Å². The molecule has 0 spiro atoms. The second-order valence-electron chi connectivity index (χ2n) is 5.44. The van der Waals surface area contributed by atoms with Gasteiger partial charge in [0.05, 0.1) is 11.3 Å². The first-order chi connectivity index (χ1) is 12.2. The van der Waals surface area contributed by atoms with Crippen LogP contribution < -0.4 is 0 Å². The molecule has 0 bridgehead atoms. The molecule has 1 heterocycles. The van der Waals surface area contributed by atoms with E-state index in [4.69, 9.17) is 10.00 Å². The molecule has 1 unspecified atom stereocenters. The molecule has 0 aliphatic heterocycles. The van der Waals surface area contributed by atoms with E-state index in [2.05, 4.69) is 10.2 Å². The zero-order valence-electron chi connectivity index (χ0n) is 13.6. The molecule has 0 aliphatic rings. The lowest BCUT2D eigenvalue weighted by atomic mass is 10.00. The molecule has 0 radical (unpaired) electrons. The molecule has 25 heavy (non-hydrogen) atoms. The Balaban J connectivity index is 2.03. The van der Waals surface area contributed by atoms with Crippen LogP contribution in [0.4, 0.5) is 0 Å². The van der Waals surface area contributed by atoms with Crippen LogP contribution in [0.15, 0.2) is 66.7 Å². The Morgan fingerprint density at radius 1 is 1.04 bits per heavy atom. The summed E-state index contributed by atoms with van der Waals surface area (Å²) in [5, 5.41) is 16.9. The normalized spacial score (nSPS) is 11.4. The van der Waals surface area contributed by atoms with E-state index in [-0.39, 0.29) is 5.69 Å². The highest BCUT2D eigenvalue weighted by Crippen LogP contribution is 2.29. The van der Waals surface area contributed by atoms with E-state index in [0.29, 0.717) is 16.8 Å². The van der Waals surface area contributed by atoms with Crippen molar-refractivity contribution < 1.29 is 9.53 Å². The summed E-state index contributed by atoms with van der Waals surface area (Å²) >= 11 is 0.